The van der Waals surface area contributed by atoms with E-state index in [1.807, 2.05) is 26.8 Å². The van der Waals surface area contributed by atoms with Crippen LogP contribution in [0.4, 0.5) is 10.5 Å². The van der Waals surface area contributed by atoms with E-state index in [4.69, 9.17) is 4.74 Å². The molecule has 7 heteroatoms. The van der Waals surface area contributed by atoms with Gasteiger partial charge in [-0.3, -0.25) is 15.1 Å². The molecular weight excluding hydrogens is 298 g/mol. The zero-order valence-corrected chi connectivity index (χ0v) is 13.8. The van der Waals surface area contributed by atoms with Crippen LogP contribution in [0.25, 0.3) is 5.57 Å². The molecular formula is C16H21N3O4. The van der Waals surface area contributed by atoms with Gasteiger partial charge < -0.3 is 9.64 Å². The number of amides is 1. The van der Waals surface area contributed by atoms with Crippen molar-refractivity contribution in [3.8, 4) is 0 Å². The van der Waals surface area contributed by atoms with Crippen molar-refractivity contribution in [3.05, 3.63) is 39.7 Å². The monoisotopic (exact) mass is 319 g/mol. The zero-order valence-electron chi connectivity index (χ0n) is 13.8. The molecule has 0 spiro atoms. The number of aromatic nitrogens is 1. The minimum absolute atomic E-state index is 0.0319. The van der Waals surface area contributed by atoms with Crippen molar-refractivity contribution in [1.82, 2.24) is 9.88 Å². The smallest absolute Gasteiger partial charge is 0.410 e. The second-order valence-electron chi connectivity index (χ2n) is 6.46. The Morgan fingerprint density at radius 1 is 1.43 bits per heavy atom. The Labute approximate surface area is 135 Å². The van der Waals surface area contributed by atoms with E-state index in [9.17, 15) is 14.9 Å². The average molecular weight is 319 g/mol. The van der Waals surface area contributed by atoms with E-state index in [0.29, 0.717) is 30.8 Å². The molecule has 1 aromatic heterocycles. The molecule has 0 saturated carbocycles. The van der Waals surface area contributed by atoms with Crippen molar-refractivity contribution in [3.63, 3.8) is 0 Å². The lowest BCUT2D eigenvalue weighted by atomic mass is 9.98. The predicted molar refractivity (Wildman–Crippen MR) is 86.0 cm³/mol. The molecule has 0 aromatic carbocycles. The van der Waals surface area contributed by atoms with Crippen LogP contribution in [0.2, 0.25) is 0 Å². The highest BCUT2D eigenvalue weighted by atomic mass is 16.6. The van der Waals surface area contributed by atoms with Gasteiger partial charge >= 0.3 is 6.09 Å². The first-order valence-electron chi connectivity index (χ1n) is 7.46. The van der Waals surface area contributed by atoms with Crippen LogP contribution in [-0.4, -0.2) is 39.6 Å². The number of nitrogens with zero attached hydrogens (tertiary/aromatic N) is 3. The Morgan fingerprint density at radius 2 is 2.13 bits per heavy atom. The number of ether oxygens (including phenoxy) is 1. The molecule has 2 heterocycles. The van der Waals surface area contributed by atoms with Crippen LogP contribution < -0.4 is 0 Å². The third-order valence-corrected chi connectivity index (χ3v) is 3.50. The Balaban J connectivity index is 2.19. The summed E-state index contributed by atoms with van der Waals surface area (Å²) in [6.45, 7) is 7.93. The van der Waals surface area contributed by atoms with Gasteiger partial charge in [-0.25, -0.2) is 4.79 Å². The molecule has 1 aliphatic heterocycles. The molecule has 1 aromatic rings. The van der Waals surface area contributed by atoms with Crippen LogP contribution in [0.1, 0.15) is 38.4 Å². The van der Waals surface area contributed by atoms with Crippen LogP contribution >= 0.6 is 0 Å². The molecule has 2 rings (SSSR count). The van der Waals surface area contributed by atoms with E-state index in [2.05, 4.69) is 4.98 Å². The number of hydrogen-bond acceptors (Lipinski definition) is 5. The summed E-state index contributed by atoms with van der Waals surface area (Å²) in [5, 5.41) is 11.3. The quantitative estimate of drug-likeness (QED) is 0.616. The maximum atomic E-state index is 12.0. The molecule has 0 aliphatic carbocycles. The minimum Gasteiger partial charge on any atom is -0.444 e. The molecule has 1 aliphatic rings. The van der Waals surface area contributed by atoms with Crippen LogP contribution in [-0.2, 0) is 4.74 Å². The topological polar surface area (TPSA) is 85.6 Å². The molecule has 7 nitrogen and oxygen atoms in total. The summed E-state index contributed by atoms with van der Waals surface area (Å²) in [6.07, 6.45) is 3.59. The number of nitro groups is 1. The molecule has 1 amide bonds. The first-order valence-corrected chi connectivity index (χ1v) is 7.46. The summed E-state index contributed by atoms with van der Waals surface area (Å²) in [4.78, 5) is 28.5. The zero-order chi connectivity index (χ0) is 17.2. The van der Waals surface area contributed by atoms with Crippen LogP contribution in [0.3, 0.4) is 0 Å². The Bertz CT molecular complexity index is 662. The molecule has 0 N–H and O–H groups in total. The lowest BCUT2D eigenvalue weighted by Gasteiger charge is -2.29. The molecule has 0 unspecified atom stereocenters. The van der Waals surface area contributed by atoms with E-state index in [-0.39, 0.29) is 11.8 Å². The van der Waals surface area contributed by atoms with E-state index >= 15 is 0 Å². The Hall–Kier alpha value is -2.44. The van der Waals surface area contributed by atoms with Gasteiger partial charge in [0.15, 0.2) is 0 Å². The second-order valence-corrected chi connectivity index (χ2v) is 6.46. The average Bonchev–Trinajstić information content (AvgIpc) is 2.45. The lowest BCUT2D eigenvalue weighted by Crippen LogP contribution is -2.39. The molecule has 0 saturated heterocycles. The fourth-order valence-electron chi connectivity index (χ4n) is 2.45. The molecule has 0 bridgehead atoms. The summed E-state index contributed by atoms with van der Waals surface area (Å²) >= 11 is 0. The van der Waals surface area contributed by atoms with Crippen LogP contribution in [0.5, 0.6) is 0 Å². The second kappa shape index (κ2) is 6.36. The molecule has 124 valence electrons. The number of carbonyl (C=O) groups is 1. The third-order valence-electron chi connectivity index (χ3n) is 3.50. The van der Waals surface area contributed by atoms with Crippen molar-refractivity contribution in [2.75, 3.05) is 13.1 Å². The third kappa shape index (κ3) is 4.06. The standard InChI is InChI=1S/C16H21N3O4/c1-11-14(19(21)22)13(5-8-17-11)12-6-9-18(10-7-12)15(20)23-16(2,3)4/h5-6,8H,7,9-10H2,1-4H3. The highest BCUT2D eigenvalue weighted by Crippen LogP contribution is 2.31. The van der Waals surface area contributed by atoms with Gasteiger partial charge in [0.1, 0.15) is 11.3 Å². The molecule has 0 radical (unpaired) electrons. The fourth-order valence-corrected chi connectivity index (χ4v) is 2.45. The fraction of sp³-hybridized carbons (Fsp3) is 0.500. The molecule has 0 fully saturated rings. The van der Waals surface area contributed by atoms with Gasteiger partial charge in [-0.05, 0) is 45.8 Å². The number of pyridine rings is 1. The van der Waals surface area contributed by atoms with E-state index in [0.717, 1.165) is 5.57 Å². The van der Waals surface area contributed by atoms with E-state index in [1.54, 1.807) is 24.1 Å². The summed E-state index contributed by atoms with van der Waals surface area (Å²) in [5.74, 6) is 0. The summed E-state index contributed by atoms with van der Waals surface area (Å²) in [7, 11) is 0. The summed E-state index contributed by atoms with van der Waals surface area (Å²) < 4.78 is 5.34. The highest BCUT2D eigenvalue weighted by Gasteiger charge is 2.26. The van der Waals surface area contributed by atoms with Gasteiger partial charge in [0.25, 0.3) is 5.69 Å². The SMILES string of the molecule is Cc1nccc(C2=CCN(C(=O)OC(C)(C)C)CC2)c1[N+](=O)[O-]. The van der Waals surface area contributed by atoms with Crippen LogP contribution in [0.15, 0.2) is 18.3 Å². The molecule has 0 atom stereocenters. The predicted octanol–water partition coefficient (Wildman–Crippen LogP) is 3.32. The Morgan fingerprint density at radius 3 is 2.65 bits per heavy atom. The first kappa shape index (κ1) is 16.9. The van der Waals surface area contributed by atoms with Crippen molar-refractivity contribution >= 4 is 17.4 Å². The first-order chi connectivity index (χ1) is 10.7. The summed E-state index contributed by atoms with van der Waals surface area (Å²) in [5.41, 5.74) is 1.32. The summed E-state index contributed by atoms with van der Waals surface area (Å²) in [6, 6.07) is 1.65. The van der Waals surface area contributed by atoms with Crippen molar-refractivity contribution in [2.24, 2.45) is 0 Å². The highest BCUT2D eigenvalue weighted by molar-refractivity contribution is 5.76. The van der Waals surface area contributed by atoms with E-state index in [1.165, 1.54) is 0 Å². The maximum absolute atomic E-state index is 12.0. The van der Waals surface area contributed by atoms with E-state index < -0.39 is 10.5 Å². The maximum Gasteiger partial charge on any atom is 0.410 e. The minimum atomic E-state index is -0.540. The van der Waals surface area contributed by atoms with Gasteiger partial charge in [-0.1, -0.05) is 6.08 Å². The van der Waals surface area contributed by atoms with Gasteiger partial charge in [0.2, 0.25) is 0 Å². The normalized spacial score (nSPS) is 15.1. The number of aryl methyl sites for hydroxylation is 1. The lowest BCUT2D eigenvalue weighted by molar-refractivity contribution is -0.386. The van der Waals surface area contributed by atoms with Crippen molar-refractivity contribution in [2.45, 2.75) is 39.7 Å². The van der Waals surface area contributed by atoms with Gasteiger partial charge in [0.05, 0.1) is 10.5 Å². The van der Waals surface area contributed by atoms with Crippen molar-refractivity contribution < 1.29 is 14.5 Å². The van der Waals surface area contributed by atoms with Gasteiger partial charge in [0, 0.05) is 19.3 Å². The number of carbonyl (C=O) groups excluding carboxylic acids is 1. The van der Waals surface area contributed by atoms with Crippen LogP contribution in [0, 0.1) is 17.0 Å². The Kier molecular flexibility index (Phi) is 4.68. The van der Waals surface area contributed by atoms with Crippen molar-refractivity contribution in [1.29, 1.82) is 0 Å². The molecule has 23 heavy (non-hydrogen) atoms. The number of hydrogen-bond donors (Lipinski definition) is 0. The largest absolute Gasteiger partial charge is 0.444 e. The van der Waals surface area contributed by atoms with Gasteiger partial charge in [-0.15, -0.1) is 0 Å². The van der Waals surface area contributed by atoms with Gasteiger partial charge in [-0.2, -0.15) is 0 Å². The number of rotatable bonds is 2.